The summed E-state index contributed by atoms with van der Waals surface area (Å²) in [5, 5.41) is 17.8. The largest absolute Gasteiger partial charge is 0.220 e. The highest BCUT2D eigenvalue weighted by atomic mass is 32.1. The molecule has 4 nitrogen and oxygen atoms in total. The van der Waals surface area contributed by atoms with Gasteiger partial charge in [0, 0.05) is 5.38 Å². The van der Waals surface area contributed by atoms with Gasteiger partial charge in [-0.25, -0.2) is 9.67 Å². The fraction of sp³-hybridized carbons (Fsp3) is 0.0455. The molecule has 2 heterocycles. The third-order valence-corrected chi connectivity index (χ3v) is 5.79. The number of hydrogen-bond donors (Lipinski definition) is 0. The Labute approximate surface area is 171 Å². The molecule has 4 rings (SSSR count). The summed E-state index contributed by atoms with van der Waals surface area (Å²) in [4.78, 5) is 6.72. The van der Waals surface area contributed by atoms with Crippen LogP contribution >= 0.6 is 22.7 Å². The predicted molar refractivity (Wildman–Crippen MR) is 116 cm³/mol. The number of rotatable bonds is 4. The molecule has 0 N–H and O–H groups in total. The summed E-state index contributed by atoms with van der Waals surface area (Å²) < 4.78 is 1.87. The van der Waals surface area contributed by atoms with Gasteiger partial charge in [0.05, 0.1) is 34.1 Å². The second kappa shape index (κ2) is 8.17. The van der Waals surface area contributed by atoms with Gasteiger partial charge < -0.3 is 0 Å². The maximum atomic E-state index is 8.95. The van der Waals surface area contributed by atoms with Crippen molar-refractivity contribution in [1.82, 2.24) is 4.68 Å². The summed E-state index contributed by atoms with van der Waals surface area (Å²) >= 11 is 3.23. The van der Waals surface area contributed by atoms with Crippen molar-refractivity contribution in [3.8, 4) is 16.6 Å². The van der Waals surface area contributed by atoms with E-state index in [0.717, 1.165) is 26.6 Å². The fourth-order valence-corrected chi connectivity index (χ4v) is 4.23. The fourth-order valence-electron chi connectivity index (χ4n) is 2.58. The number of nitriles is 1. The van der Waals surface area contributed by atoms with Gasteiger partial charge in [0.25, 0.3) is 0 Å². The molecular formula is C22H16N4S2. The zero-order chi connectivity index (χ0) is 19.3. The summed E-state index contributed by atoms with van der Waals surface area (Å²) in [7, 11) is 0. The van der Waals surface area contributed by atoms with Crippen molar-refractivity contribution in [3.05, 3.63) is 92.9 Å². The summed E-state index contributed by atoms with van der Waals surface area (Å²) in [5.74, 6) is 0. The van der Waals surface area contributed by atoms with Crippen LogP contribution in [0.4, 0.5) is 5.69 Å². The molecule has 0 saturated heterocycles. The molecule has 6 heteroatoms. The van der Waals surface area contributed by atoms with E-state index < -0.39 is 0 Å². The Hall–Kier alpha value is -3.27. The average molecular weight is 401 g/mol. The van der Waals surface area contributed by atoms with Gasteiger partial charge in [0.15, 0.2) is 0 Å². The highest BCUT2D eigenvalue weighted by molar-refractivity contribution is 7.14. The number of thiazole rings is 1. The normalized spacial score (nSPS) is 11.8. The number of benzene rings is 2. The first-order valence-electron chi connectivity index (χ1n) is 8.63. The standard InChI is InChI=1S/C22H16N4S2/c1-16-4-10-19(11-5-16)25-22-26(20(15-28-22)21-3-2-12-27-21)24-14-18-8-6-17(13-23)7-9-18/h2-12,14-15H,1H3. The molecule has 0 amide bonds. The Bertz CT molecular complexity index is 1200. The van der Waals surface area contributed by atoms with Crippen molar-refractivity contribution in [2.24, 2.45) is 10.1 Å². The molecule has 0 aliphatic rings. The second-order valence-electron chi connectivity index (χ2n) is 6.12. The Morgan fingerprint density at radius 1 is 1.00 bits per heavy atom. The molecule has 0 radical (unpaired) electrons. The summed E-state index contributed by atoms with van der Waals surface area (Å²) in [6, 6.07) is 21.7. The van der Waals surface area contributed by atoms with Gasteiger partial charge in [0.2, 0.25) is 4.80 Å². The lowest BCUT2D eigenvalue weighted by Crippen LogP contribution is -2.11. The molecule has 0 aliphatic carbocycles. The van der Waals surface area contributed by atoms with Crippen LogP contribution < -0.4 is 4.80 Å². The predicted octanol–water partition coefficient (Wildman–Crippen LogP) is 5.57. The molecule has 0 aliphatic heterocycles. The van der Waals surface area contributed by atoms with Gasteiger partial charge in [-0.1, -0.05) is 35.9 Å². The first kappa shape index (κ1) is 18.1. The number of aryl methyl sites for hydroxylation is 1. The van der Waals surface area contributed by atoms with Crippen molar-refractivity contribution < 1.29 is 0 Å². The molecule has 2 aromatic heterocycles. The lowest BCUT2D eigenvalue weighted by atomic mass is 10.2. The van der Waals surface area contributed by atoms with E-state index in [-0.39, 0.29) is 0 Å². The molecule has 28 heavy (non-hydrogen) atoms. The van der Waals surface area contributed by atoms with Crippen LogP contribution in [-0.2, 0) is 0 Å². The highest BCUT2D eigenvalue weighted by Gasteiger charge is 2.08. The molecule has 4 aromatic rings. The van der Waals surface area contributed by atoms with Gasteiger partial charge in [-0.2, -0.15) is 10.4 Å². The van der Waals surface area contributed by atoms with E-state index in [4.69, 9.17) is 15.4 Å². The molecule has 0 spiro atoms. The zero-order valence-corrected chi connectivity index (χ0v) is 16.7. The molecular weight excluding hydrogens is 384 g/mol. The van der Waals surface area contributed by atoms with Gasteiger partial charge >= 0.3 is 0 Å². The van der Waals surface area contributed by atoms with E-state index in [1.807, 2.05) is 35.0 Å². The average Bonchev–Trinajstić information content (AvgIpc) is 3.38. The first-order valence-corrected chi connectivity index (χ1v) is 10.4. The minimum absolute atomic E-state index is 0.634. The number of nitrogens with zero attached hydrogens (tertiary/aromatic N) is 4. The lowest BCUT2D eigenvalue weighted by molar-refractivity contribution is 0.856. The molecule has 2 aromatic carbocycles. The molecule has 0 fully saturated rings. The Kier molecular flexibility index (Phi) is 5.29. The van der Waals surface area contributed by atoms with E-state index >= 15 is 0 Å². The molecule has 0 unspecified atom stereocenters. The summed E-state index contributed by atoms with van der Waals surface area (Å²) in [6.45, 7) is 2.06. The minimum atomic E-state index is 0.634. The van der Waals surface area contributed by atoms with E-state index in [0.29, 0.717) is 5.56 Å². The van der Waals surface area contributed by atoms with Crippen molar-refractivity contribution in [3.63, 3.8) is 0 Å². The van der Waals surface area contributed by atoms with Crippen molar-refractivity contribution in [2.45, 2.75) is 6.92 Å². The smallest absolute Gasteiger partial charge is 0.211 e. The molecule has 0 saturated carbocycles. The molecule has 136 valence electrons. The van der Waals surface area contributed by atoms with E-state index in [1.165, 1.54) is 5.56 Å². The van der Waals surface area contributed by atoms with Gasteiger partial charge in [-0.3, -0.25) is 0 Å². The van der Waals surface area contributed by atoms with Crippen LogP contribution in [0.2, 0.25) is 0 Å². The quantitative estimate of drug-likeness (QED) is 0.413. The topological polar surface area (TPSA) is 53.4 Å². The summed E-state index contributed by atoms with van der Waals surface area (Å²) in [5.41, 5.74) is 4.67. The lowest BCUT2D eigenvalue weighted by Gasteiger charge is -2.01. The van der Waals surface area contributed by atoms with Crippen LogP contribution in [0.25, 0.3) is 10.6 Å². The maximum Gasteiger partial charge on any atom is 0.211 e. The van der Waals surface area contributed by atoms with Crippen LogP contribution in [-0.4, -0.2) is 10.9 Å². The minimum Gasteiger partial charge on any atom is -0.220 e. The van der Waals surface area contributed by atoms with Crippen LogP contribution in [0, 0.1) is 18.3 Å². The van der Waals surface area contributed by atoms with Crippen molar-refractivity contribution in [1.29, 1.82) is 5.26 Å². The van der Waals surface area contributed by atoms with Crippen LogP contribution in [0.1, 0.15) is 16.7 Å². The van der Waals surface area contributed by atoms with Gasteiger partial charge in [-0.15, -0.1) is 22.7 Å². The highest BCUT2D eigenvalue weighted by Crippen LogP contribution is 2.25. The van der Waals surface area contributed by atoms with E-state index in [9.17, 15) is 0 Å². The number of thiophene rings is 1. The third kappa shape index (κ3) is 4.01. The maximum absolute atomic E-state index is 8.95. The van der Waals surface area contributed by atoms with E-state index in [2.05, 4.69) is 42.0 Å². The third-order valence-electron chi connectivity index (χ3n) is 4.08. The summed E-state index contributed by atoms with van der Waals surface area (Å²) in [6.07, 6.45) is 1.79. The molecule has 0 atom stereocenters. The Morgan fingerprint density at radius 2 is 1.79 bits per heavy atom. The Morgan fingerprint density at radius 3 is 2.46 bits per heavy atom. The first-order chi connectivity index (χ1) is 13.7. The van der Waals surface area contributed by atoms with Crippen molar-refractivity contribution >= 4 is 34.6 Å². The zero-order valence-electron chi connectivity index (χ0n) is 15.1. The number of hydrogen-bond acceptors (Lipinski definition) is 5. The molecule has 0 bridgehead atoms. The van der Waals surface area contributed by atoms with E-state index in [1.54, 1.807) is 41.0 Å². The van der Waals surface area contributed by atoms with Crippen LogP contribution in [0.5, 0.6) is 0 Å². The Balaban J connectivity index is 1.78. The number of aromatic nitrogens is 1. The van der Waals surface area contributed by atoms with Crippen LogP contribution in [0.15, 0.2) is 81.5 Å². The monoisotopic (exact) mass is 400 g/mol. The van der Waals surface area contributed by atoms with Gasteiger partial charge in [-0.05, 0) is 48.2 Å². The SMILES string of the molecule is Cc1ccc(N=c2scc(-c3cccs3)n2N=Cc2ccc(C#N)cc2)cc1. The van der Waals surface area contributed by atoms with Gasteiger partial charge in [0.1, 0.15) is 0 Å². The second-order valence-corrected chi connectivity index (χ2v) is 7.90. The van der Waals surface area contributed by atoms with Crippen LogP contribution in [0.3, 0.4) is 0 Å². The van der Waals surface area contributed by atoms with Crippen molar-refractivity contribution in [2.75, 3.05) is 0 Å².